The predicted molar refractivity (Wildman–Crippen MR) is 96.8 cm³/mol. The van der Waals surface area contributed by atoms with Crippen molar-refractivity contribution in [2.24, 2.45) is 11.8 Å². The number of aromatic nitrogens is 3. The van der Waals surface area contributed by atoms with Gasteiger partial charge in [-0.2, -0.15) is 18.3 Å². The highest BCUT2D eigenvalue weighted by atomic mass is 35.5. The summed E-state index contributed by atoms with van der Waals surface area (Å²) in [6, 6.07) is 3.79. The van der Waals surface area contributed by atoms with E-state index >= 15 is 0 Å². The first kappa shape index (κ1) is 18.2. The van der Waals surface area contributed by atoms with Crippen molar-refractivity contribution in [2.45, 2.75) is 24.7 Å². The molecule has 0 radical (unpaired) electrons. The van der Waals surface area contributed by atoms with E-state index in [1.54, 1.807) is 12.1 Å². The number of anilines is 1. The Balaban J connectivity index is 1.42. The summed E-state index contributed by atoms with van der Waals surface area (Å²) in [5.74, 6) is 1.05. The van der Waals surface area contributed by atoms with E-state index in [-0.39, 0.29) is 16.8 Å². The molecular formula is C18H19ClF3N5O. The molecule has 150 valence electrons. The van der Waals surface area contributed by atoms with Crippen LogP contribution in [-0.2, 0) is 11.3 Å². The minimum absolute atomic E-state index is 0.109. The number of hydrogen-bond donors (Lipinski definition) is 1. The molecule has 3 fully saturated rings. The highest BCUT2D eigenvalue weighted by Crippen LogP contribution is 2.59. The third-order valence-corrected chi connectivity index (χ3v) is 6.31. The fourth-order valence-corrected chi connectivity index (χ4v) is 4.62. The van der Waals surface area contributed by atoms with Gasteiger partial charge in [-0.25, -0.2) is 4.98 Å². The van der Waals surface area contributed by atoms with Crippen molar-refractivity contribution in [3.8, 4) is 11.3 Å². The van der Waals surface area contributed by atoms with Crippen molar-refractivity contribution in [2.75, 3.05) is 32.0 Å². The topological polar surface area (TPSA) is 69.2 Å². The fourth-order valence-electron chi connectivity index (χ4n) is 4.46. The van der Waals surface area contributed by atoms with E-state index < -0.39 is 12.7 Å². The van der Waals surface area contributed by atoms with Crippen LogP contribution in [0.2, 0.25) is 5.02 Å². The Kier molecular flexibility index (Phi) is 4.12. The van der Waals surface area contributed by atoms with E-state index in [9.17, 15) is 13.2 Å². The lowest BCUT2D eigenvalue weighted by molar-refractivity contribution is -0.143. The van der Waals surface area contributed by atoms with Crippen LogP contribution in [0.1, 0.15) is 11.6 Å². The number of likely N-dealkylation sites (tertiary alicyclic amines) is 1. The molecule has 1 saturated carbocycles. The highest BCUT2D eigenvalue weighted by Gasteiger charge is 2.59. The van der Waals surface area contributed by atoms with Crippen LogP contribution in [0.3, 0.4) is 0 Å². The van der Waals surface area contributed by atoms with E-state index in [0.717, 1.165) is 31.0 Å². The van der Waals surface area contributed by atoms with Gasteiger partial charge in [0.25, 0.3) is 0 Å². The van der Waals surface area contributed by atoms with Crippen molar-refractivity contribution in [1.82, 2.24) is 19.7 Å². The van der Waals surface area contributed by atoms with Crippen LogP contribution in [0, 0.1) is 11.8 Å². The summed E-state index contributed by atoms with van der Waals surface area (Å²) in [5.41, 5.74) is 7.26. The molecule has 5 rings (SSSR count). The smallest absolute Gasteiger partial charge is 0.382 e. The Morgan fingerprint density at radius 1 is 1.21 bits per heavy atom. The molecule has 2 N–H and O–H groups in total. The molecule has 10 heteroatoms. The first-order valence-electron chi connectivity index (χ1n) is 9.18. The predicted octanol–water partition coefficient (Wildman–Crippen LogP) is 2.79. The number of nitrogens with zero attached hydrogens (tertiary/aromatic N) is 4. The number of piperidine rings is 1. The minimum atomic E-state index is -4.34. The van der Waals surface area contributed by atoms with Gasteiger partial charge in [-0.05, 0) is 24.0 Å². The number of nitrogen functional groups attached to an aromatic ring is 1. The van der Waals surface area contributed by atoms with E-state index in [0.29, 0.717) is 34.8 Å². The summed E-state index contributed by atoms with van der Waals surface area (Å²) in [6.45, 7) is 2.22. The Morgan fingerprint density at radius 2 is 1.93 bits per heavy atom. The number of fused-ring (bicyclic) bond motifs is 1. The fraction of sp³-hybridized carbons (Fsp3) is 0.556. The molecule has 2 aromatic rings. The van der Waals surface area contributed by atoms with Crippen molar-refractivity contribution in [3.05, 3.63) is 29.0 Å². The van der Waals surface area contributed by atoms with Crippen LogP contribution < -0.4 is 5.73 Å². The van der Waals surface area contributed by atoms with Crippen LogP contribution in [0.15, 0.2) is 18.3 Å². The van der Waals surface area contributed by atoms with Crippen LogP contribution in [0.4, 0.5) is 19.0 Å². The molecule has 1 aliphatic carbocycles. The molecule has 3 aliphatic rings. The van der Waals surface area contributed by atoms with Crippen molar-refractivity contribution in [3.63, 3.8) is 0 Å². The normalized spacial score (nSPS) is 27.6. The Labute approximate surface area is 164 Å². The van der Waals surface area contributed by atoms with E-state index in [2.05, 4.69) is 15.0 Å². The summed E-state index contributed by atoms with van der Waals surface area (Å²) < 4.78 is 45.7. The van der Waals surface area contributed by atoms with Crippen molar-refractivity contribution in [1.29, 1.82) is 0 Å². The molecule has 0 spiro atoms. The molecule has 0 amide bonds. The number of pyridine rings is 1. The SMILES string of the molecule is Nc1ncc(-c2cc([C@@H]3[C@@H]4CN(C5COC5)C[C@@H]43)n(CC(F)(F)F)n2)cc1Cl. The number of hydrogen-bond acceptors (Lipinski definition) is 5. The van der Waals surface area contributed by atoms with Crippen LogP contribution >= 0.6 is 11.6 Å². The average molecular weight is 414 g/mol. The summed E-state index contributed by atoms with van der Waals surface area (Å²) >= 11 is 6.02. The van der Waals surface area contributed by atoms with Gasteiger partial charge in [0.15, 0.2) is 0 Å². The van der Waals surface area contributed by atoms with Gasteiger partial charge in [0.05, 0.1) is 30.0 Å². The lowest BCUT2D eigenvalue weighted by atomic mass is 10.1. The molecule has 4 heterocycles. The van der Waals surface area contributed by atoms with Gasteiger partial charge in [-0.15, -0.1) is 0 Å². The Hall–Kier alpha value is -1.84. The second kappa shape index (κ2) is 6.33. The zero-order chi connectivity index (χ0) is 19.6. The second-order valence-corrected chi connectivity index (χ2v) is 8.22. The summed E-state index contributed by atoms with van der Waals surface area (Å²) in [7, 11) is 0. The van der Waals surface area contributed by atoms with Gasteiger partial charge in [0, 0.05) is 36.5 Å². The minimum Gasteiger partial charge on any atom is -0.382 e. The van der Waals surface area contributed by atoms with E-state index in [1.807, 2.05) is 0 Å². The maximum absolute atomic E-state index is 13.1. The largest absolute Gasteiger partial charge is 0.408 e. The third-order valence-electron chi connectivity index (χ3n) is 6.01. The molecule has 0 unspecified atom stereocenters. The maximum atomic E-state index is 13.1. The second-order valence-electron chi connectivity index (χ2n) is 7.82. The zero-order valence-electron chi connectivity index (χ0n) is 14.9. The molecule has 0 aromatic carbocycles. The lowest BCUT2D eigenvalue weighted by Gasteiger charge is -2.35. The molecule has 3 atom stereocenters. The van der Waals surface area contributed by atoms with E-state index in [1.165, 1.54) is 6.20 Å². The highest BCUT2D eigenvalue weighted by molar-refractivity contribution is 6.33. The first-order valence-corrected chi connectivity index (χ1v) is 9.55. The molecule has 0 bridgehead atoms. The zero-order valence-corrected chi connectivity index (χ0v) is 15.6. The van der Waals surface area contributed by atoms with Gasteiger partial charge in [0.1, 0.15) is 12.4 Å². The molecular weight excluding hydrogens is 395 g/mol. The van der Waals surface area contributed by atoms with Gasteiger partial charge < -0.3 is 10.5 Å². The number of ether oxygens (including phenoxy) is 1. The van der Waals surface area contributed by atoms with Crippen LogP contribution in [0.5, 0.6) is 0 Å². The Bertz CT molecular complexity index is 901. The quantitative estimate of drug-likeness (QED) is 0.834. The average Bonchev–Trinajstić information content (AvgIpc) is 2.91. The third kappa shape index (κ3) is 3.15. The summed E-state index contributed by atoms with van der Waals surface area (Å²) in [4.78, 5) is 6.38. The molecule has 28 heavy (non-hydrogen) atoms. The monoisotopic (exact) mass is 413 g/mol. The number of rotatable bonds is 4. The molecule has 2 aliphatic heterocycles. The van der Waals surface area contributed by atoms with Gasteiger partial charge >= 0.3 is 6.18 Å². The van der Waals surface area contributed by atoms with Crippen LogP contribution in [-0.4, -0.2) is 58.2 Å². The first-order chi connectivity index (χ1) is 13.3. The van der Waals surface area contributed by atoms with Crippen molar-refractivity contribution < 1.29 is 17.9 Å². The number of nitrogens with two attached hydrogens (primary N) is 1. The van der Waals surface area contributed by atoms with Crippen LogP contribution in [0.25, 0.3) is 11.3 Å². The number of alkyl halides is 3. The van der Waals surface area contributed by atoms with Gasteiger partial charge in [-0.1, -0.05) is 11.6 Å². The summed E-state index contributed by atoms with van der Waals surface area (Å²) in [5, 5.41) is 4.49. The van der Waals surface area contributed by atoms with Gasteiger partial charge in [-0.3, -0.25) is 9.58 Å². The number of halogens is 4. The Morgan fingerprint density at radius 3 is 2.50 bits per heavy atom. The molecule has 2 saturated heterocycles. The maximum Gasteiger partial charge on any atom is 0.408 e. The van der Waals surface area contributed by atoms with E-state index in [4.69, 9.17) is 22.1 Å². The molecule has 2 aromatic heterocycles. The molecule has 6 nitrogen and oxygen atoms in total. The summed E-state index contributed by atoms with van der Waals surface area (Å²) in [6.07, 6.45) is -2.86. The van der Waals surface area contributed by atoms with Gasteiger partial charge in [0.2, 0.25) is 0 Å². The lowest BCUT2D eigenvalue weighted by Crippen LogP contribution is -2.48. The standard InChI is InChI=1S/C18H19ClF3N5O/c19-13-1-9(3-24-17(13)23)14-2-15(27(25-14)8-18(20,21)22)16-11-4-26(5-12(11)16)10-6-28-7-10/h1-3,10-12,16H,4-8H2,(H2,23,24)/t11-,12+,16-. The van der Waals surface area contributed by atoms with Crippen molar-refractivity contribution >= 4 is 17.4 Å².